The highest BCUT2D eigenvalue weighted by atomic mass is 15.4. The van der Waals surface area contributed by atoms with E-state index in [9.17, 15) is 0 Å². The molecule has 3 heteroatoms. The highest BCUT2D eigenvalue weighted by Gasteiger charge is 1.95. The lowest BCUT2D eigenvalue weighted by atomic mass is 10.2. The zero-order valence-corrected chi connectivity index (χ0v) is 7.55. The molecule has 0 aliphatic rings. The molecule has 0 radical (unpaired) electrons. The van der Waals surface area contributed by atoms with Crippen molar-refractivity contribution in [3.63, 3.8) is 0 Å². The molecule has 0 spiro atoms. The van der Waals surface area contributed by atoms with Crippen LogP contribution in [0, 0.1) is 0 Å². The summed E-state index contributed by atoms with van der Waals surface area (Å²) < 4.78 is 0. The summed E-state index contributed by atoms with van der Waals surface area (Å²) in [4.78, 5) is 0. The molecular weight excluding hydrogens is 138 g/mol. The predicted octanol–water partition coefficient (Wildman–Crippen LogP) is 0.701. The molecule has 0 heterocycles. The fraction of sp³-hybridized carbons (Fsp3) is 1.00. The Morgan fingerprint density at radius 2 is 1.82 bits per heavy atom. The molecule has 0 amide bonds. The van der Waals surface area contributed by atoms with E-state index >= 15 is 0 Å². The second-order valence-electron chi connectivity index (χ2n) is 2.89. The lowest BCUT2D eigenvalue weighted by molar-refractivity contribution is 0.277. The third-order valence-electron chi connectivity index (χ3n) is 1.66. The number of hydrogen-bond donors (Lipinski definition) is 2. The van der Waals surface area contributed by atoms with E-state index < -0.39 is 0 Å². The monoisotopic (exact) mass is 159 g/mol. The number of rotatable bonds is 7. The predicted molar refractivity (Wildman–Crippen MR) is 49.0 cm³/mol. The molecule has 0 aliphatic carbocycles. The molecule has 0 aromatic rings. The summed E-state index contributed by atoms with van der Waals surface area (Å²) in [6, 6.07) is 0. The summed E-state index contributed by atoms with van der Waals surface area (Å²) in [7, 11) is 0. The van der Waals surface area contributed by atoms with Gasteiger partial charge in [-0.05, 0) is 25.8 Å². The fourth-order valence-corrected chi connectivity index (χ4v) is 1.04. The smallest absolute Gasteiger partial charge is 0.0128 e. The van der Waals surface area contributed by atoms with Crippen molar-refractivity contribution in [1.82, 2.24) is 5.01 Å². The third-order valence-corrected chi connectivity index (χ3v) is 1.66. The molecule has 0 aliphatic heterocycles. The van der Waals surface area contributed by atoms with Crippen LogP contribution in [0.1, 0.15) is 32.6 Å². The Kier molecular flexibility index (Phi) is 7.89. The summed E-state index contributed by atoms with van der Waals surface area (Å²) in [6.07, 6.45) is 4.63. The maximum Gasteiger partial charge on any atom is 0.0128 e. The zero-order chi connectivity index (χ0) is 8.53. The van der Waals surface area contributed by atoms with Crippen LogP contribution in [-0.2, 0) is 0 Å². The van der Waals surface area contributed by atoms with Gasteiger partial charge in [-0.25, -0.2) is 5.01 Å². The first-order valence-corrected chi connectivity index (χ1v) is 4.51. The summed E-state index contributed by atoms with van der Waals surface area (Å²) in [5.74, 6) is 5.67. The number of nitrogens with zero attached hydrogens (tertiary/aromatic N) is 1. The van der Waals surface area contributed by atoms with Crippen LogP contribution in [-0.4, -0.2) is 24.6 Å². The van der Waals surface area contributed by atoms with Crippen LogP contribution < -0.4 is 11.6 Å². The van der Waals surface area contributed by atoms with Gasteiger partial charge in [0.15, 0.2) is 0 Å². The van der Waals surface area contributed by atoms with Crippen molar-refractivity contribution in [1.29, 1.82) is 0 Å². The number of hydrazine groups is 1. The average Bonchev–Trinajstić information content (AvgIpc) is 1.99. The van der Waals surface area contributed by atoms with Crippen LogP contribution in [0.25, 0.3) is 0 Å². The van der Waals surface area contributed by atoms with Crippen molar-refractivity contribution in [3.8, 4) is 0 Å². The van der Waals surface area contributed by atoms with Gasteiger partial charge in [-0.1, -0.05) is 13.3 Å². The van der Waals surface area contributed by atoms with Crippen molar-refractivity contribution < 1.29 is 0 Å². The summed E-state index contributed by atoms with van der Waals surface area (Å²) in [5.41, 5.74) is 5.36. The van der Waals surface area contributed by atoms with Gasteiger partial charge in [0, 0.05) is 13.1 Å². The van der Waals surface area contributed by atoms with Crippen LogP contribution >= 0.6 is 0 Å². The van der Waals surface area contributed by atoms with Gasteiger partial charge in [-0.2, -0.15) is 0 Å². The summed E-state index contributed by atoms with van der Waals surface area (Å²) in [5, 5.41) is 1.89. The third kappa shape index (κ3) is 7.78. The van der Waals surface area contributed by atoms with Crippen molar-refractivity contribution in [2.24, 2.45) is 11.6 Å². The second kappa shape index (κ2) is 7.98. The quantitative estimate of drug-likeness (QED) is 0.326. The van der Waals surface area contributed by atoms with E-state index in [0.29, 0.717) is 0 Å². The van der Waals surface area contributed by atoms with Gasteiger partial charge in [-0.3, -0.25) is 5.84 Å². The summed E-state index contributed by atoms with van der Waals surface area (Å²) in [6.45, 7) is 4.95. The van der Waals surface area contributed by atoms with E-state index in [4.69, 9.17) is 11.6 Å². The highest BCUT2D eigenvalue weighted by molar-refractivity contribution is 4.49. The molecule has 68 valence electrons. The van der Waals surface area contributed by atoms with Crippen molar-refractivity contribution in [2.45, 2.75) is 32.6 Å². The standard InChI is InChI=1S/C8H21N3/c1-2-7-11(10)8-5-3-4-6-9/h2-10H2,1H3. The molecule has 0 unspecified atom stereocenters. The maximum atomic E-state index is 5.67. The fourth-order valence-electron chi connectivity index (χ4n) is 1.04. The van der Waals surface area contributed by atoms with Gasteiger partial charge in [0.05, 0.1) is 0 Å². The maximum absolute atomic E-state index is 5.67. The molecule has 0 aromatic carbocycles. The van der Waals surface area contributed by atoms with Crippen LogP contribution in [0.15, 0.2) is 0 Å². The Labute approximate surface area is 69.7 Å². The molecule has 0 rings (SSSR count). The number of nitrogens with two attached hydrogens (primary N) is 2. The lowest BCUT2D eigenvalue weighted by Gasteiger charge is -2.14. The van der Waals surface area contributed by atoms with Gasteiger partial charge in [0.2, 0.25) is 0 Å². The van der Waals surface area contributed by atoms with Gasteiger partial charge in [0.25, 0.3) is 0 Å². The zero-order valence-electron chi connectivity index (χ0n) is 7.55. The molecule has 0 saturated carbocycles. The molecular formula is C8H21N3. The Hall–Kier alpha value is -0.120. The number of hydrogen-bond acceptors (Lipinski definition) is 3. The van der Waals surface area contributed by atoms with Crippen molar-refractivity contribution >= 4 is 0 Å². The van der Waals surface area contributed by atoms with E-state index in [1.165, 1.54) is 12.8 Å². The van der Waals surface area contributed by atoms with Gasteiger partial charge < -0.3 is 5.73 Å². The van der Waals surface area contributed by atoms with Crippen LogP contribution in [0.4, 0.5) is 0 Å². The van der Waals surface area contributed by atoms with Gasteiger partial charge in [-0.15, -0.1) is 0 Å². The van der Waals surface area contributed by atoms with Gasteiger partial charge >= 0.3 is 0 Å². The van der Waals surface area contributed by atoms with E-state index in [1.54, 1.807) is 0 Å². The Morgan fingerprint density at radius 1 is 1.09 bits per heavy atom. The molecule has 3 nitrogen and oxygen atoms in total. The molecule has 0 aromatic heterocycles. The van der Waals surface area contributed by atoms with Crippen LogP contribution in [0.2, 0.25) is 0 Å². The molecule has 0 saturated heterocycles. The first-order valence-electron chi connectivity index (χ1n) is 4.51. The Morgan fingerprint density at radius 3 is 2.36 bits per heavy atom. The van der Waals surface area contributed by atoms with Crippen molar-refractivity contribution in [3.05, 3.63) is 0 Å². The summed E-state index contributed by atoms with van der Waals surface area (Å²) >= 11 is 0. The van der Waals surface area contributed by atoms with Crippen LogP contribution in [0.3, 0.4) is 0 Å². The first-order chi connectivity index (χ1) is 5.31. The van der Waals surface area contributed by atoms with E-state index in [0.717, 1.165) is 32.5 Å². The molecule has 0 atom stereocenters. The lowest BCUT2D eigenvalue weighted by Crippen LogP contribution is -2.32. The van der Waals surface area contributed by atoms with E-state index in [-0.39, 0.29) is 0 Å². The minimum atomic E-state index is 0.804. The normalized spacial score (nSPS) is 10.9. The first kappa shape index (κ1) is 10.9. The molecule has 0 bridgehead atoms. The Balaban J connectivity index is 2.97. The second-order valence-corrected chi connectivity index (χ2v) is 2.89. The Bertz CT molecular complexity index is 75.7. The SMILES string of the molecule is CCCN(N)CCCCCN. The highest BCUT2D eigenvalue weighted by Crippen LogP contribution is 1.94. The largest absolute Gasteiger partial charge is 0.330 e. The molecule has 0 fully saturated rings. The van der Waals surface area contributed by atoms with Gasteiger partial charge in [0.1, 0.15) is 0 Å². The number of unbranched alkanes of at least 4 members (excludes halogenated alkanes) is 2. The van der Waals surface area contributed by atoms with Crippen LogP contribution in [0.5, 0.6) is 0 Å². The molecule has 4 N–H and O–H groups in total. The average molecular weight is 159 g/mol. The minimum absolute atomic E-state index is 0.804. The van der Waals surface area contributed by atoms with E-state index in [2.05, 4.69) is 6.92 Å². The van der Waals surface area contributed by atoms with Crippen molar-refractivity contribution in [2.75, 3.05) is 19.6 Å². The topological polar surface area (TPSA) is 55.3 Å². The minimum Gasteiger partial charge on any atom is -0.330 e. The van der Waals surface area contributed by atoms with E-state index in [1.807, 2.05) is 5.01 Å². The molecule has 11 heavy (non-hydrogen) atoms.